The second-order valence-corrected chi connectivity index (χ2v) is 5.67. The molecule has 1 aromatic carbocycles. The molecule has 21 heavy (non-hydrogen) atoms. The van der Waals surface area contributed by atoms with Gasteiger partial charge in [-0.2, -0.15) is 0 Å². The molecule has 0 radical (unpaired) electrons. The van der Waals surface area contributed by atoms with Crippen LogP contribution in [0.2, 0.25) is 0 Å². The highest BCUT2D eigenvalue weighted by Crippen LogP contribution is 2.24. The van der Waals surface area contributed by atoms with Crippen molar-refractivity contribution >= 4 is 17.3 Å². The summed E-state index contributed by atoms with van der Waals surface area (Å²) in [6, 6.07) is 3.14. The van der Waals surface area contributed by atoms with Gasteiger partial charge in [0.1, 0.15) is 0 Å². The first-order chi connectivity index (χ1) is 10.1. The first-order valence-electron chi connectivity index (χ1n) is 7.97. The van der Waals surface area contributed by atoms with E-state index < -0.39 is 5.97 Å². The number of unbranched alkanes of at least 4 members (excludes halogenated alkanes) is 7. The molecule has 0 saturated heterocycles. The third-order valence-electron chi connectivity index (χ3n) is 3.82. The molecule has 0 unspecified atom stereocenters. The Morgan fingerprint density at radius 3 is 2.14 bits per heavy atom. The molecule has 0 saturated carbocycles. The third-order valence-corrected chi connectivity index (χ3v) is 3.82. The number of benzene rings is 1. The summed E-state index contributed by atoms with van der Waals surface area (Å²) in [4.78, 5) is 11.3. The zero-order valence-corrected chi connectivity index (χ0v) is 13.0. The highest BCUT2D eigenvalue weighted by atomic mass is 16.4. The van der Waals surface area contributed by atoms with Crippen LogP contribution in [0.5, 0.6) is 0 Å². The molecule has 4 nitrogen and oxygen atoms in total. The Balaban J connectivity index is 2.40. The van der Waals surface area contributed by atoms with Crippen molar-refractivity contribution in [2.24, 2.45) is 0 Å². The molecule has 0 spiro atoms. The quantitative estimate of drug-likeness (QED) is 0.444. The van der Waals surface area contributed by atoms with Gasteiger partial charge in [0.2, 0.25) is 0 Å². The van der Waals surface area contributed by atoms with Gasteiger partial charge in [-0.25, -0.2) is 4.79 Å². The lowest BCUT2D eigenvalue weighted by atomic mass is 9.98. The lowest BCUT2D eigenvalue weighted by molar-refractivity contribution is 0.0695. The Hall–Kier alpha value is -1.71. The minimum atomic E-state index is -0.955. The van der Waals surface area contributed by atoms with Crippen molar-refractivity contribution in [3.05, 3.63) is 23.3 Å². The van der Waals surface area contributed by atoms with Gasteiger partial charge >= 0.3 is 5.97 Å². The number of hydrogen-bond donors (Lipinski definition) is 3. The topological polar surface area (TPSA) is 89.3 Å². The van der Waals surface area contributed by atoms with E-state index in [4.69, 9.17) is 11.5 Å². The fourth-order valence-corrected chi connectivity index (χ4v) is 2.62. The average Bonchev–Trinajstić information content (AvgIpc) is 2.43. The van der Waals surface area contributed by atoms with Gasteiger partial charge in [-0.1, -0.05) is 51.9 Å². The fourth-order valence-electron chi connectivity index (χ4n) is 2.62. The van der Waals surface area contributed by atoms with Crippen LogP contribution in [0.4, 0.5) is 11.4 Å². The van der Waals surface area contributed by atoms with Crippen molar-refractivity contribution in [2.45, 2.75) is 64.7 Å². The van der Waals surface area contributed by atoms with Crippen LogP contribution in [0.25, 0.3) is 0 Å². The summed E-state index contributed by atoms with van der Waals surface area (Å²) in [5.74, 6) is -0.955. The molecular formula is C17H28N2O2. The van der Waals surface area contributed by atoms with Crippen LogP contribution < -0.4 is 11.5 Å². The third kappa shape index (κ3) is 6.06. The van der Waals surface area contributed by atoms with Crippen LogP contribution >= 0.6 is 0 Å². The van der Waals surface area contributed by atoms with Crippen molar-refractivity contribution in [1.29, 1.82) is 0 Å². The molecule has 0 aliphatic heterocycles. The van der Waals surface area contributed by atoms with E-state index in [1.165, 1.54) is 44.6 Å². The number of aromatic carboxylic acids is 1. The minimum absolute atomic E-state index is 0.246. The summed E-state index contributed by atoms with van der Waals surface area (Å²) in [6.07, 6.45) is 10.5. The van der Waals surface area contributed by atoms with Crippen LogP contribution in [0.3, 0.4) is 0 Å². The van der Waals surface area contributed by atoms with E-state index in [9.17, 15) is 9.90 Å². The standard InChI is InChI=1S/C17H28N2O2/c1-2-3-4-5-6-7-8-9-10-14-15(17(20)21)11-13(18)12-16(14)19/h11-12H,2-10,18-19H2,1H3,(H,20,21). The van der Waals surface area contributed by atoms with Crippen LogP contribution in [-0.4, -0.2) is 11.1 Å². The molecule has 1 aromatic rings. The predicted octanol–water partition coefficient (Wildman–Crippen LogP) is 4.23. The number of rotatable bonds is 10. The molecule has 0 fully saturated rings. The van der Waals surface area contributed by atoms with Gasteiger partial charge < -0.3 is 16.6 Å². The van der Waals surface area contributed by atoms with E-state index in [-0.39, 0.29) is 5.56 Å². The maximum Gasteiger partial charge on any atom is 0.336 e. The van der Waals surface area contributed by atoms with Crippen molar-refractivity contribution in [3.8, 4) is 0 Å². The van der Waals surface area contributed by atoms with Crippen molar-refractivity contribution in [3.63, 3.8) is 0 Å². The van der Waals surface area contributed by atoms with Crippen LogP contribution in [0.15, 0.2) is 12.1 Å². The van der Waals surface area contributed by atoms with Crippen molar-refractivity contribution in [2.75, 3.05) is 11.5 Å². The van der Waals surface area contributed by atoms with Gasteiger partial charge in [-0.3, -0.25) is 0 Å². The zero-order chi connectivity index (χ0) is 15.7. The second kappa shape index (κ2) is 9.27. The fraction of sp³-hybridized carbons (Fsp3) is 0.588. The smallest absolute Gasteiger partial charge is 0.336 e. The monoisotopic (exact) mass is 292 g/mol. The summed E-state index contributed by atoms with van der Waals surface area (Å²) in [7, 11) is 0. The predicted molar refractivity (Wildman–Crippen MR) is 88.5 cm³/mol. The highest BCUT2D eigenvalue weighted by molar-refractivity contribution is 5.92. The molecule has 0 amide bonds. The van der Waals surface area contributed by atoms with Gasteiger partial charge in [0, 0.05) is 11.4 Å². The molecule has 4 heteroatoms. The first-order valence-corrected chi connectivity index (χ1v) is 7.97. The average molecular weight is 292 g/mol. The Morgan fingerprint density at radius 2 is 1.57 bits per heavy atom. The van der Waals surface area contributed by atoms with Crippen LogP contribution in [-0.2, 0) is 6.42 Å². The number of carbonyl (C=O) groups is 1. The van der Waals surface area contributed by atoms with E-state index in [1.807, 2.05) is 0 Å². The molecule has 0 heterocycles. The van der Waals surface area contributed by atoms with Gasteiger partial charge in [0.25, 0.3) is 0 Å². The van der Waals surface area contributed by atoms with Gasteiger partial charge in [-0.05, 0) is 30.5 Å². The summed E-state index contributed by atoms with van der Waals surface area (Å²) in [5, 5.41) is 9.23. The summed E-state index contributed by atoms with van der Waals surface area (Å²) in [5.41, 5.74) is 13.4. The first kappa shape index (κ1) is 17.3. The molecule has 1 rings (SSSR count). The molecule has 0 aromatic heterocycles. The second-order valence-electron chi connectivity index (χ2n) is 5.67. The molecule has 118 valence electrons. The summed E-state index contributed by atoms with van der Waals surface area (Å²) < 4.78 is 0. The SMILES string of the molecule is CCCCCCCCCCc1c(N)cc(N)cc1C(=O)O. The molecule has 0 bridgehead atoms. The van der Waals surface area contributed by atoms with E-state index in [0.29, 0.717) is 17.8 Å². The number of anilines is 2. The summed E-state index contributed by atoms with van der Waals surface area (Å²) in [6.45, 7) is 2.22. The van der Waals surface area contributed by atoms with Crippen LogP contribution in [0.1, 0.15) is 74.2 Å². The van der Waals surface area contributed by atoms with Gasteiger partial charge in [0.15, 0.2) is 0 Å². The normalized spacial score (nSPS) is 10.7. The summed E-state index contributed by atoms with van der Waals surface area (Å²) >= 11 is 0. The van der Waals surface area contributed by atoms with Crippen LogP contribution in [0, 0.1) is 0 Å². The lowest BCUT2D eigenvalue weighted by Crippen LogP contribution is -2.07. The van der Waals surface area contributed by atoms with Gasteiger partial charge in [0.05, 0.1) is 5.56 Å². The molecular weight excluding hydrogens is 264 g/mol. The number of hydrogen-bond acceptors (Lipinski definition) is 3. The molecule has 0 atom stereocenters. The zero-order valence-electron chi connectivity index (χ0n) is 13.0. The number of carboxylic acids is 1. The Morgan fingerprint density at radius 1 is 1.00 bits per heavy atom. The Kier molecular flexibility index (Phi) is 7.65. The maximum atomic E-state index is 11.3. The number of carboxylic acid groups (broad SMARTS) is 1. The van der Waals surface area contributed by atoms with E-state index in [1.54, 1.807) is 6.07 Å². The molecule has 5 N–H and O–H groups in total. The molecule has 0 aliphatic rings. The minimum Gasteiger partial charge on any atom is -0.478 e. The Bertz CT molecular complexity index is 458. The van der Waals surface area contributed by atoms with Crippen molar-refractivity contribution in [1.82, 2.24) is 0 Å². The number of nitrogen functional groups attached to an aromatic ring is 2. The Labute approximate surface area is 127 Å². The lowest BCUT2D eigenvalue weighted by Gasteiger charge is -2.11. The highest BCUT2D eigenvalue weighted by Gasteiger charge is 2.13. The largest absolute Gasteiger partial charge is 0.478 e. The van der Waals surface area contributed by atoms with E-state index >= 15 is 0 Å². The van der Waals surface area contributed by atoms with Crippen molar-refractivity contribution < 1.29 is 9.90 Å². The molecule has 0 aliphatic carbocycles. The van der Waals surface area contributed by atoms with E-state index in [0.717, 1.165) is 18.4 Å². The van der Waals surface area contributed by atoms with E-state index in [2.05, 4.69) is 6.92 Å². The number of nitrogens with two attached hydrogens (primary N) is 2. The maximum absolute atomic E-state index is 11.3. The van der Waals surface area contributed by atoms with Gasteiger partial charge in [-0.15, -0.1) is 0 Å².